The van der Waals surface area contributed by atoms with Crippen molar-refractivity contribution in [1.29, 1.82) is 0 Å². The van der Waals surface area contributed by atoms with Crippen LogP contribution in [0.4, 0.5) is 14.5 Å². The second-order valence-corrected chi connectivity index (χ2v) is 4.48. The molecule has 1 N–H and O–H groups in total. The number of anilines is 1. The van der Waals surface area contributed by atoms with Crippen LogP contribution >= 0.6 is 0 Å². The Balaban J connectivity index is 1.97. The molecule has 0 aliphatic carbocycles. The van der Waals surface area contributed by atoms with Gasteiger partial charge in [0.15, 0.2) is 11.6 Å². The molecule has 0 aliphatic heterocycles. The van der Waals surface area contributed by atoms with Gasteiger partial charge in [-0.3, -0.25) is 0 Å². The van der Waals surface area contributed by atoms with Crippen LogP contribution in [0.15, 0.2) is 42.5 Å². The van der Waals surface area contributed by atoms with Crippen LogP contribution in [0.5, 0.6) is 5.75 Å². The van der Waals surface area contributed by atoms with E-state index in [1.54, 1.807) is 0 Å². The van der Waals surface area contributed by atoms with Gasteiger partial charge in [-0.2, -0.15) is 0 Å². The van der Waals surface area contributed by atoms with Gasteiger partial charge in [0.25, 0.3) is 0 Å². The fourth-order valence-corrected chi connectivity index (χ4v) is 1.78. The monoisotopic (exact) mass is 277 g/mol. The zero-order chi connectivity index (χ0) is 14.4. The minimum absolute atomic E-state index is 0.522. The number of benzene rings is 2. The van der Waals surface area contributed by atoms with Gasteiger partial charge in [-0.1, -0.05) is 19.1 Å². The second-order valence-electron chi connectivity index (χ2n) is 4.48. The Kier molecular flexibility index (Phi) is 4.93. The predicted molar refractivity (Wildman–Crippen MR) is 75.9 cm³/mol. The molecule has 0 bridgehead atoms. The number of halogens is 2. The molecule has 2 aromatic carbocycles. The quantitative estimate of drug-likeness (QED) is 0.846. The highest BCUT2D eigenvalue weighted by atomic mass is 19.2. The van der Waals surface area contributed by atoms with E-state index in [9.17, 15) is 8.78 Å². The van der Waals surface area contributed by atoms with Crippen LogP contribution in [-0.4, -0.2) is 6.61 Å². The van der Waals surface area contributed by atoms with E-state index in [0.717, 1.165) is 29.9 Å². The molecule has 0 aliphatic rings. The van der Waals surface area contributed by atoms with E-state index >= 15 is 0 Å². The van der Waals surface area contributed by atoms with Gasteiger partial charge in [0.2, 0.25) is 0 Å². The van der Waals surface area contributed by atoms with Crippen LogP contribution in [0.25, 0.3) is 0 Å². The summed E-state index contributed by atoms with van der Waals surface area (Å²) in [7, 11) is 0. The van der Waals surface area contributed by atoms with Gasteiger partial charge in [0.05, 0.1) is 6.61 Å². The zero-order valence-electron chi connectivity index (χ0n) is 11.3. The van der Waals surface area contributed by atoms with Crippen LogP contribution in [-0.2, 0) is 6.54 Å². The van der Waals surface area contributed by atoms with Crippen molar-refractivity contribution in [1.82, 2.24) is 0 Å². The minimum atomic E-state index is -0.852. The fraction of sp³-hybridized carbons (Fsp3) is 0.250. The highest BCUT2D eigenvalue weighted by Crippen LogP contribution is 2.17. The molecule has 0 saturated heterocycles. The smallest absolute Gasteiger partial charge is 0.160 e. The topological polar surface area (TPSA) is 21.3 Å². The second kappa shape index (κ2) is 6.89. The minimum Gasteiger partial charge on any atom is -0.494 e. The summed E-state index contributed by atoms with van der Waals surface area (Å²) in [4.78, 5) is 0. The third-order valence-electron chi connectivity index (χ3n) is 2.79. The van der Waals surface area contributed by atoms with Gasteiger partial charge >= 0.3 is 0 Å². The molecule has 0 radical (unpaired) electrons. The number of hydrogen-bond donors (Lipinski definition) is 1. The van der Waals surface area contributed by atoms with E-state index in [1.807, 2.05) is 24.3 Å². The molecule has 2 rings (SSSR count). The molecule has 0 amide bonds. The summed E-state index contributed by atoms with van der Waals surface area (Å²) in [6.07, 6.45) is 0.956. The molecule has 0 unspecified atom stereocenters. The molecular weight excluding hydrogens is 260 g/mol. The normalized spacial score (nSPS) is 10.3. The highest BCUT2D eigenvalue weighted by Gasteiger charge is 2.02. The van der Waals surface area contributed by atoms with Crippen molar-refractivity contribution in [3.8, 4) is 5.75 Å². The molecule has 20 heavy (non-hydrogen) atoms. The van der Waals surface area contributed by atoms with Gasteiger partial charge in [-0.25, -0.2) is 8.78 Å². The molecule has 0 aromatic heterocycles. The maximum absolute atomic E-state index is 13.1. The Morgan fingerprint density at radius 2 is 1.90 bits per heavy atom. The number of hydrogen-bond acceptors (Lipinski definition) is 2. The number of ether oxygens (including phenoxy) is 1. The number of nitrogens with one attached hydrogen (secondary N) is 1. The van der Waals surface area contributed by atoms with Crippen molar-refractivity contribution < 1.29 is 13.5 Å². The molecule has 0 saturated carbocycles. The van der Waals surface area contributed by atoms with Crippen molar-refractivity contribution in [2.24, 2.45) is 0 Å². The first-order chi connectivity index (χ1) is 9.69. The standard InChI is InChI=1S/C16H17F2NO/c1-2-8-20-14-5-3-4-12(9-14)11-19-13-6-7-15(17)16(18)10-13/h3-7,9-10,19H,2,8,11H2,1H3. The Morgan fingerprint density at radius 1 is 1.05 bits per heavy atom. The molecule has 2 aromatic rings. The largest absolute Gasteiger partial charge is 0.494 e. The zero-order valence-corrected chi connectivity index (χ0v) is 11.3. The van der Waals surface area contributed by atoms with Gasteiger partial charge in [0, 0.05) is 18.3 Å². The summed E-state index contributed by atoms with van der Waals surface area (Å²) in [5.74, 6) is -0.878. The average Bonchev–Trinajstić information content (AvgIpc) is 2.47. The van der Waals surface area contributed by atoms with E-state index < -0.39 is 11.6 Å². The molecule has 106 valence electrons. The highest BCUT2D eigenvalue weighted by molar-refractivity contribution is 5.44. The average molecular weight is 277 g/mol. The molecule has 0 atom stereocenters. The van der Waals surface area contributed by atoms with Gasteiger partial charge in [-0.05, 0) is 36.2 Å². The van der Waals surface area contributed by atoms with E-state index in [2.05, 4.69) is 12.2 Å². The van der Waals surface area contributed by atoms with Crippen LogP contribution in [0.1, 0.15) is 18.9 Å². The molecular formula is C16H17F2NO. The van der Waals surface area contributed by atoms with Crippen LogP contribution in [0.2, 0.25) is 0 Å². The summed E-state index contributed by atoms with van der Waals surface area (Å²) in [6, 6.07) is 11.5. The lowest BCUT2D eigenvalue weighted by molar-refractivity contribution is 0.317. The summed E-state index contributed by atoms with van der Waals surface area (Å²) < 4.78 is 31.4. The first-order valence-corrected chi connectivity index (χ1v) is 6.59. The summed E-state index contributed by atoms with van der Waals surface area (Å²) in [5.41, 5.74) is 1.56. The van der Waals surface area contributed by atoms with E-state index in [1.165, 1.54) is 6.07 Å². The van der Waals surface area contributed by atoms with E-state index in [-0.39, 0.29) is 0 Å². The molecule has 0 heterocycles. The van der Waals surface area contributed by atoms with Crippen LogP contribution in [0.3, 0.4) is 0 Å². The maximum Gasteiger partial charge on any atom is 0.160 e. The lowest BCUT2D eigenvalue weighted by Crippen LogP contribution is -2.01. The van der Waals surface area contributed by atoms with Gasteiger partial charge < -0.3 is 10.1 Å². The molecule has 2 nitrogen and oxygen atoms in total. The predicted octanol–water partition coefficient (Wildman–Crippen LogP) is 4.37. The molecule has 0 spiro atoms. The van der Waals surface area contributed by atoms with Crippen LogP contribution in [0, 0.1) is 11.6 Å². The van der Waals surface area contributed by atoms with Crippen LogP contribution < -0.4 is 10.1 Å². The SMILES string of the molecule is CCCOc1cccc(CNc2ccc(F)c(F)c2)c1. The third-order valence-corrected chi connectivity index (χ3v) is 2.79. The van der Waals surface area contributed by atoms with Crippen molar-refractivity contribution in [3.63, 3.8) is 0 Å². The fourth-order valence-electron chi connectivity index (χ4n) is 1.78. The van der Waals surface area contributed by atoms with Crippen molar-refractivity contribution in [2.75, 3.05) is 11.9 Å². The first kappa shape index (κ1) is 14.3. The molecule has 0 fully saturated rings. The lowest BCUT2D eigenvalue weighted by Gasteiger charge is -2.09. The summed E-state index contributed by atoms with van der Waals surface area (Å²) in [6.45, 7) is 3.25. The third kappa shape index (κ3) is 3.95. The maximum atomic E-state index is 13.1. The van der Waals surface area contributed by atoms with E-state index in [0.29, 0.717) is 18.8 Å². The molecule has 4 heteroatoms. The Morgan fingerprint density at radius 3 is 2.65 bits per heavy atom. The number of rotatable bonds is 6. The Bertz CT molecular complexity index is 572. The van der Waals surface area contributed by atoms with Crippen molar-refractivity contribution in [3.05, 3.63) is 59.7 Å². The first-order valence-electron chi connectivity index (χ1n) is 6.59. The van der Waals surface area contributed by atoms with Crippen molar-refractivity contribution in [2.45, 2.75) is 19.9 Å². The van der Waals surface area contributed by atoms with Gasteiger partial charge in [-0.15, -0.1) is 0 Å². The lowest BCUT2D eigenvalue weighted by atomic mass is 10.2. The van der Waals surface area contributed by atoms with Gasteiger partial charge in [0.1, 0.15) is 5.75 Å². The van der Waals surface area contributed by atoms with E-state index in [4.69, 9.17) is 4.74 Å². The Labute approximate surface area is 117 Å². The Hall–Kier alpha value is -2.10. The summed E-state index contributed by atoms with van der Waals surface area (Å²) in [5, 5.41) is 3.05. The summed E-state index contributed by atoms with van der Waals surface area (Å²) >= 11 is 0. The van der Waals surface area contributed by atoms with Crippen molar-refractivity contribution >= 4 is 5.69 Å².